The van der Waals surface area contributed by atoms with E-state index in [-0.39, 0.29) is 23.4 Å². The average molecular weight is 481 g/mol. The fraction of sp³-hybridized carbons (Fsp3) is 0.391. The molecule has 0 spiro atoms. The molecular weight excluding hydrogens is 455 g/mol. The highest BCUT2D eigenvalue weighted by Crippen LogP contribution is 2.32. The molecule has 184 valence electrons. The normalized spacial score (nSPS) is 18.0. The topological polar surface area (TPSA) is 112 Å². The first kappa shape index (κ1) is 25.0. The van der Waals surface area contributed by atoms with Crippen LogP contribution in [0.25, 0.3) is 0 Å². The molecule has 3 amide bonds. The monoisotopic (exact) mass is 481 g/mol. The largest absolute Gasteiger partial charge is 0.573 e. The maximum atomic E-state index is 12.5. The van der Waals surface area contributed by atoms with Gasteiger partial charge >= 0.3 is 12.4 Å². The van der Waals surface area contributed by atoms with Crippen molar-refractivity contribution in [3.8, 4) is 17.2 Å². The van der Waals surface area contributed by atoms with E-state index in [4.69, 9.17) is 15.2 Å². The SMILES string of the molecule is COc1ccc(OC(F)(F)F)cc1NC(=O)N[C@H]1CC[C@H](COc2cccc(C(N)=O)c2)CC1. The van der Waals surface area contributed by atoms with E-state index in [1.54, 1.807) is 24.3 Å². The van der Waals surface area contributed by atoms with E-state index in [0.717, 1.165) is 37.8 Å². The fourth-order valence-corrected chi connectivity index (χ4v) is 3.75. The number of hydrogen-bond donors (Lipinski definition) is 3. The van der Waals surface area contributed by atoms with E-state index in [1.165, 1.54) is 13.2 Å². The predicted octanol–water partition coefficient (Wildman–Crippen LogP) is 4.45. The van der Waals surface area contributed by atoms with Gasteiger partial charge in [0, 0.05) is 17.7 Å². The Morgan fingerprint density at radius 3 is 2.44 bits per heavy atom. The van der Waals surface area contributed by atoms with Crippen molar-refractivity contribution in [3.63, 3.8) is 0 Å². The number of urea groups is 1. The van der Waals surface area contributed by atoms with E-state index in [1.807, 2.05) is 0 Å². The van der Waals surface area contributed by atoms with Crippen LogP contribution in [0.3, 0.4) is 0 Å². The van der Waals surface area contributed by atoms with Crippen LogP contribution in [0, 0.1) is 5.92 Å². The molecule has 1 aliphatic carbocycles. The summed E-state index contributed by atoms with van der Waals surface area (Å²) in [5.41, 5.74) is 5.72. The summed E-state index contributed by atoms with van der Waals surface area (Å²) in [4.78, 5) is 23.7. The highest BCUT2D eigenvalue weighted by molar-refractivity contribution is 5.93. The van der Waals surface area contributed by atoms with Crippen LogP contribution in [0.15, 0.2) is 42.5 Å². The predicted molar refractivity (Wildman–Crippen MR) is 118 cm³/mol. The second-order valence-corrected chi connectivity index (χ2v) is 7.93. The zero-order chi connectivity index (χ0) is 24.7. The highest BCUT2D eigenvalue weighted by Gasteiger charge is 2.31. The number of amides is 3. The number of halogens is 3. The number of primary amides is 1. The molecule has 0 bridgehead atoms. The van der Waals surface area contributed by atoms with Gasteiger partial charge in [0.2, 0.25) is 5.91 Å². The highest BCUT2D eigenvalue weighted by atomic mass is 19.4. The van der Waals surface area contributed by atoms with Crippen molar-refractivity contribution in [1.29, 1.82) is 0 Å². The Balaban J connectivity index is 1.47. The molecule has 34 heavy (non-hydrogen) atoms. The Morgan fingerprint density at radius 2 is 1.79 bits per heavy atom. The van der Waals surface area contributed by atoms with Crippen molar-refractivity contribution in [2.45, 2.75) is 38.1 Å². The first-order valence-electron chi connectivity index (χ1n) is 10.7. The van der Waals surface area contributed by atoms with Crippen LogP contribution in [0.2, 0.25) is 0 Å². The molecule has 1 fully saturated rings. The molecule has 0 aliphatic heterocycles. The summed E-state index contributed by atoms with van der Waals surface area (Å²) in [6, 6.07) is 9.47. The number of rotatable bonds is 8. The van der Waals surface area contributed by atoms with Gasteiger partial charge in [-0.15, -0.1) is 13.2 Å². The van der Waals surface area contributed by atoms with Crippen molar-refractivity contribution in [2.75, 3.05) is 19.0 Å². The third-order valence-corrected chi connectivity index (χ3v) is 5.44. The van der Waals surface area contributed by atoms with Gasteiger partial charge in [-0.2, -0.15) is 0 Å². The second kappa shape index (κ2) is 11.0. The number of benzene rings is 2. The first-order valence-corrected chi connectivity index (χ1v) is 10.7. The zero-order valence-corrected chi connectivity index (χ0v) is 18.5. The van der Waals surface area contributed by atoms with Crippen molar-refractivity contribution < 1.29 is 37.0 Å². The van der Waals surface area contributed by atoms with Gasteiger partial charge in [0.15, 0.2) is 0 Å². The minimum absolute atomic E-state index is 0.0574. The second-order valence-electron chi connectivity index (χ2n) is 7.93. The van der Waals surface area contributed by atoms with Crippen molar-refractivity contribution in [2.24, 2.45) is 11.7 Å². The number of carbonyl (C=O) groups excluding carboxylic acids is 2. The quantitative estimate of drug-likeness (QED) is 0.516. The van der Waals surface area contributed by atoms with E-state index >= 15 is 0 Å². The minimum atomic E-state index is -4.85. The lowest BCUT2D eigenvalue weighted by Gasteiger charge is -2.29. The van der Waals surface area contributed by atoms with Crippen LogP contribution in [-0.2, 0) is 0 Å². The van der Waals surface area contributed by atoms with Crippen LogP contribution < -0.4 is 30.6 Å². The Morgan fingerprint density at radius 1 is 1.06 bits per heavy atom. The molecule has 2 aromatic rings. The lowest BCUT2D eigenvalue weighted by atomic mass is 9.86. The molecule has 0 radical (unpaired) electrons. The Bertz CT molecular complexity index is 1010. The molecule has 3 rings (SSSR count). The van der Waals surface area contributed by atoms with Crippen LogP contribution in [-0.4, -0.2) is 38.1 Å². The molecule has 0 unspecified atom stereocenters. The Kier molecular flexibility index (Phi) is 8.08. The number of nitrogens with one attached hydrogen (secondary N) is 2. The van der Waals surface area contributed by atoms with E-state index in [2.05, 4.69) is 15.4 Å². The number of ether oxygens (including phenoxy) is 3. The van der Waals surface area contributed by atoms with Crippen LogP contribution in [0.5, 0.6) is 17.2 Å². The Hall–Kier alpha value is -3.63. The molecule has 11 heteroatoms. The number of methoxy groups -OCH3 is 1. The van der Waals surface area contributed by atoms with Gasteiger partial charge in [-0.3, -0.25) is 4.79 Å². The third kappa shape index (κ3) is 7.46. The summed E-state index contributed by atoms with van der Waals surface area (Å²) in [5, 5.41) is 5.36. The summed E-state index contributed by atoms with van der Waals surface area (Å²) in [5.74, 6) is 0.0696. The lowest BCUT2D eigenvalue weighted by molar-refractivity contribution is -0.274. The van der Waals surface area contributed by atoms with Gasteiger partial charge in [-0.25, -0.2) is 4.79 Å². The average Bonchev–Trinajstić information content (AvgIpc) is 2.78. The Labute approximate surface area is 194 Å². The van der Waals surface area contributed by atoms with Crippen molar-refractivity contribution in [1.82, 2.24) is 5.32 Å². The van der Waals surface area contributed by atoms with Crippen LogP contribution in [0.4, 0.5) is 23.7 Å². The molecule has 0 atom stereocenters. The number of hydrogen-bond acceptors (Lipinski definition) is 5. The fourth-order valence-electron chi connectivity index (χ4n) is 3.75. The smallest absolute Gasteiger partial charge is 0.495 e. The first-order chi connectivity index (χ1) is 16.1. The maximum Gasteiger partial charge on any atom is 0.573 e. The van der Waals surface area contributed by atoms with Crippen molar-refractivity contribution in [3.05, 3.63) is 48.0 Å². The van der Waals surface area contributed by atoms with Crippen molar-refractivity contribution >= 4 is 17.6 Å². The van der Waals surface area contributed by atoms with Gasteiger partial charge in [-0.1, -0.05) is 6.07 Å². The van der Waals surface area contributed by atoms with Gasteiger partial charge in [-0.05, 0) is 61.9 Å². The molecule has 1 aliphatic rings. The summed E-state index contributed by atoms with van der Waals surface area (Å²) >= 11 is 0. The molecule has 2 aromatic carbocycles. The number of anilines is 1. The summed E-state index contributed by atoms with van der Waals surface area (Å²) in [7, 11) is 1.34. The maximum absolute atomic E-state index is 12.5. The molecular formula is C23H26F3N3O5. The third-order valence-electron chi connectivity index (χ3n) is 5.44. The van der Waals surface area contributed by atoms with Crippen LogP contribution >= 0.6 is 0 Å². The molecule has 0 heterocycles. The summed E-state index contributed by atoms with van der Waals surface area (Å²) < 4.78 is 52.2. The molecule has 1 saturated carbocycles. The van der Waals surface area contributed by atoms with E-state index < -0.39 is 24.1 Å². The summed E-state index contributed by atoms with van der Waals surface area (Å²) in [6.07, 6.45) is -1.77. The van der Waals surface area contributed by atoms with Gasteiger partial charge in [0.1, 0.15) is 17.2 Å². The van der Waals surface area contributed by atoms with Gasteiger partial charge in [0.25, 0.3) is 0 Å². The van der Waals surface area contributed by atoms with Gasteiger partial charge in [0.05, 0.1) is 19.4 Å². The van der Waals surface area contributed by atoms with E-state index in [9.17, 15) is 22.8 Å². The minimum Gasteiger partial charge on any atom is -0.495 e. The van der Waals surface area contributed by atoms with Crippen LogP contribution in [0.1, 0.15) is 36.0 Å². The van der Waals surface area contributed by atoms with E-state index in [0.29, 0.717) is 17.9 Å². The molecule has 4 N–H and O–H groups in total. The molecule has 8 nitrogen and oxygen atoms in total. The zero-order valence-electron chi connectivity index (χ0n) is 18.5. The number of alkyl halides is 3. The summed E-state index contributed by atoms with van der Waals surface area (Å²) in [6.45, 7) is 0.477. The number of carbonyl (C=O) groups is 2. The number of nitrogens with two attached hydrogens (primary N) is 1. The lowest BCUT2D eigenvalue weighted by Crippen LogP contribution is -2.40. The molecule has 0 aromatic heterocycles. The molecule has 0 saturated heterocycles. The standard InChI is InChI=1S/C23H26F3N3O5/c1-32-20-10-9-18(34-23(24,25)26)12-19(20)29-22(31)28-16-7-5-14(6-8-16)13-33-17-4-2-3-15(11-17)21(27)30/h2-4,9-12,14,16H,5-8,13H2,1H3,(H2,27,30)(H2,28,29,31)/t14-,16-. The van der Waals surface area contributed by atoms with Gasteiger partial charge < -0.3 is 30.6 Å².